The fourth-order valence-corrected chi connectivity index (χ4v) is 2.74. The van der Waals surface area contributed by atoms with Crippen LogP contribution in [0.25, 0.3) is 0 Å². The molecule has 3 rings (SSSR count). The predicted molar refractivity (Wildman–Crippen MR) is 78.9 cm³/mol. The molecule has 4 heteroatoms. The molecule has 1 aliphatic carbocycles. The van der Waals surface area contributed by atoms with Crippen molar-refractivity contribution in [2.24, 2.45) is 0 Å². The highest BCUT2D eigenvalue weighted by atomic mass is 35.5. The van der Waals surface area contributed by atoms with E-state index in [9.17, 15) is 0 Å². The van der Waals surface area contributed by atoms with Gasteiger partial charge in [0.05, 0.1) is 0 Å². The molecule has 1 unspecified atom stereocenters. The summed E-state index contributed by atoms with van der Waals surface area (Å²) in [7, 11) is 0. The average molecular weight is 281 g/mol. The van der Waals surface area contributed by atoms with Crippen LogP contribution in [0.5, 0.6) is 0 Å². The van der Waals surface area contributed by atoms with E-state index < -0.39 is 0 Å². The third kappa shape index (κ3) is 2.68. The summed E-state index contributed by atoms with van der Waals surface area (Å²) in [6.07, 6.45) is 4.08. The van der Waals surface area contributed by atoms with Gasteiger partial charge in [-0.1, -0.05) is 31.5 Å². The summed E-state index contributed by atoms with van der Waals surface area (Å²) in [5.41, 5.74) is 3.95. The Kier molecular flexibility index (Phi) is 4.25. The number of hydrogen-bond donors (Lipinski definition) is 2. The summed E-state index contributed by atoms with van der Waals surface area (Å²) in [5.74, 6) is 0.501. The largest absolute Gasteiger partial charge is 0.337 e. The molecule has 1 heterocycles. The van der Waals surface area contributed by atoms with Crippen LogP contribution < -0.4 is 0 Å². The lowest BCUT2D eigenvalue weighted by Crippen LogP contribution is -1.97. The number of hydrogen-bond acceptors (Lipinski definition) is 1. The standard InChI is InChI=1S/C12H11ClN2S.C2H6/c13-10-2-1-7-3-9(4-8(7)5-10)11-6-14-12(16)15-11;1-2/h1-2,5-6,9H,3-4H2,(H2,14,15,16);1-2H3. The number of aromatic nitrogens is 2. The fraction of sp³-hybridized carbons (Fsp3) is 0.357. The molecule has 0 bridgehead atoms. The fourth-order valence-electron chi connectivity index (χ4n) is 2.37. The molecule has 0 fully saturated rings. The van der Waals surface area contributed by atoms with E-state index in [0.717, 1.165) is 17.9 Å². The maximum atomic E-state index is 5.99. The molecule has 1 aromatic carbocycles. The van der Waals surface area contributed by atoms with Gasteiger partial charge in [0.25, 0.3) is 0 Å². The number of rotatable bonds is 1. The Balaban J connectivity index is 0.000000574. The first-order valence-corrected chi connectivity index (χ1v) is 7.06. The van der Waals surface area contributed by atoms with Crippen molar-refractivity contribution in [2.75, 3.05) is 0 Å². The Morgan fingerprint density at radius 1 is 1.22 bits per heavy atom. The summed E-state index contributed by atoms with van der Waals surface area (Å²) in [6.45, 7) is 4.00. The third-order valence-corrected chi connectivity index (χ3v) is 3.61. The van der Waals surface area contributed by atoms with Crippen molar-refractivity contribution in [3.63, 3.8) is 0 Å². The summed E-state index contributed by atoms with van der Waals surface area (Å²) >= 11 is 11.0. The van der Waals surface area contributed by atoms with Gasteiger partial charge in [-0.25, -0.2) is 0 Å². The van der Waals surface area contributed by atoms with E-state index in [1.165, 1.54) is 16.8 Å². The lowest BCUT2D eigenvalue weighted by molar-refractivity contribution is 0.719. The molecular formula is C14H17ClN2S. The summed E-state index contributed by atoms with van der Waals surface area (Å²) < 4.78 is 0.698. The van der Waals surface area contributed by atoms with E-state index in [0.29, 0.717) is 10.7 Å². The first-order valence-electron chi connectivity index (χ1n) is 6.27. The Hall–Kier alpha value is -1.06. The van der Waals surface area contributed by atoms with Crippen molar-refractivity contribution in [2.45, 2.75) is 32.6 Å². The predicted octanol–water partition coefficient (Wildman–Crippen LogP) is 4.63. The van der Waals surface area contributed by atoms with Crippen LogP contribution in [0, 0.1) is 4.77 Å². The molecule has 96 valence electrons. The molecule has 2 nitrogen and oxygen atoms in total. The highest BCUT2D eigenvalue weighted by molar-refractivity contribution is 7.71. The lowest BCUT2D eigenvalue weighted by Gasteiger charge is -2.04. The quantitative estimate of drug-likeness (QED) is 0.733. The number of aromatic amines is 2. The molecule has 2 aromatic rings. The van der Waals surface area contributed by atoms with Crippen LogP contribution in [0.1, 0.15) is 36.6 Å². The maximum Gasteiger partial charge on any atom is 0.174 e. The van der Waals surface area contributed by atoms with Crippen molar-refractivity contribution >= 4 is 23.8 Å². The van der Waals surface area contributed by atoms with Crippen molar-refractivity contribution in [1.29, 1.82) is 0 Å². The van der Waals surface area contributed by atoms with Gasteiger partial charge in [0.15, 0.2) is 4.77 Å². The number of H-pyrrole nitrogens is 2. The van der Waals surface area contributed by atoms with Crippen molar-refractivity contribution in [3.8, 4) is 0 Å². The Bertz CT molecular complexity index is 585. The van der Waals surface area contributed by atoms with Crippen LogP contribution in [0.3, 0.4) is 0 Å². The minimum atomic E-state index is 0.501. The van der Waals surface area contributed by atoms with Gasteiger partial charge in [0.2, 0.25) is 0 Å². The second-order valence-electron chi connectivity index (χ2n) is 4.22. The van der Waals surface area contributed by atoms with E-state index in [2.05, 4.69) is 22.1 Å². The van der Waals surface area contributed by atoms with Crippen molar-refractivity contribution in [3.05, 3.63) is 51.0 Å². The van der Waals surface area contributed by atoms with E-state index in [4.69, 9.17) is 23.8 Å². The summed E-state index contributed by atoms with van der Waals surface area (Å²) in [6, 6.07) is 6.15. The zero-order valence-electron chi connectivity index (χ0n) is 10.6. The molecule has 0 radical (unpaired) electrons. The molecule has 0 amide bonds. The third-order valence-electron chi connectivity index (χ3n) is 3.16. The molecular weight excluding hydrogens is 264 g/mol. The molecule has 0 spiro atoms. The number of imidazole rings is 1. The average Bonchev–Trinajstić information content (AvgIpc) is 2.97. The minimum Gasteiger partial charge on any atom is -0.337 e. The van der Waals surface area contributed by atoms with Crippen LogP contribution >= 0.6 is 23.8 Å². The second kappa shape index (κ2) is 5.72. The monoisotopic (exact) mass is 280 g/mol. The number of fused-ring (bicyclic) bond motifs is 1. The second-order valence-corrected chi connectivity index (χ2v) is 5.06. The van der Waals surface area contributed by atoms with Crippen molar-refractivity contribution < 1.29 is 0 Å². The van der Waals surface area contributed by atoms with Gasteiger partial charge in [0, 0.05) is 22.8 Å². The SMILES string of the molecule is CC.S=c1[nH]cc(C2Cc3ccc(Cl)cc3C2)[nH]1. The molecule has 18 heavy (non-hydrogen) atoms. The smallest absolute Gasteiger partial charge is 0.174 e. The maximum absolute atomic E-state index is 5.99. The highest BCUT2D eigenvalue weighted by Gasteiger charge is 2.23. The zero-order chi connectivity index (χ0) is 13.1. The summed E-state index contributed by atoms with van der Waals surface area (Å²) in [5, 5.41) is 0.821. The first-order chi connectivity index (χ1) is 8.72. The topological polar surface area (TPSA) is 31.6 Å². The Labute approximate surface area is 117 Å². The van der Waals surface area contributed by atoms with Gasteiger partial charge in [-0.15, -0.1) is 0 Å². The first kappa shape index (κ1) is 13.4. The van der Waals surface area contributed by atoms with Gasteiger partial charge >= 0.3 is 0 Å². The van der Waals surface area contributed by atoms with E-state index in [1.54, 1.807) is 0 Å². The normalized spacial score (nSPS) is 16.9. The van der Waals surface area contributed by atoms with Crippen LogP contribution in [0.15, 0.2) is 24.4 Å². The van der Waals surface area contributed by atoms with Gasteiger partial charge in [-0.3, -0.25) is 0 Å². The molecule has 1 aliphatic rings. The van der Waals surface area contributed by atoms with Gasteiger partial charge < -0.3 is 9.97 Å². The zero-order valence-corrected chi connectivity index (χ0v) is 12.2. The molecule has 0 saturated heterocycles. The molecule has 1 aromatic heterocycles. The molecule has 2 N–H and O–H groups in total. The van der Waals surface area contributed by atoms with Crippen LogP contribution in [0.4, 0.5) is 0 Å². The number of nitrogens with one attached hydrogen (secondary N) is 2. The van der Waals surface area contributed by atoms with Crippen LogP contribution in [-0.4, -0.2) is 9.97 Å². The number of benzene rings is 1. The van der Waals surface area contributed by atoms with Crippen LogP contribution in [-0.2, 0) is 12.8 Å². The highest BCUT2D eigenvalue weighted by Crippen LogP contribution is 2.34. The van der Waals surface area contributed by atoms with Gasteiger partial charge in [0.1, 0.15) is 0 Å². The molecule has 0 saturated carbocycles. The molecule has 0 aliphatic heterocycles. The van der Waals surface area contributed by atoms with Gasteiger partial charge in [-0.2, -0.15) is 0 Å². The summed E-state index contributed by atoms with van der Waals surface area (Å²) in [4.78, 5) is 6.21. The lowest BCUT2D eigenvalue weighted by atomic mass is 10.0. The van der Waals surface area contributed by atoms with Crippen molar-refractivity contribution in [1.82, 2.24) is 9.97 Å². The molecule has 1 atom stereocenters. The van der Waals surface area contributed by atoms with E-state index in [1.807, 2.05) is 26.1 Å². The minimum absolute atomic E-state index is 0.501. The van der Waals surface area contributed by atoms with E-state index >= 15 is 0 Å². The Morgan fingerprint density at radius 3 is 2.61 bits per heavy atom. The van der Waals surface area contributed by atoms with Gasteiger partial charge in [-0.05, 0) is 48.3 Å². The Morgan fingerprint density at radius 2 is 1.94 bits per heavy atom. The van der Waals surface area contributed by atoms with E-state index in [-0.39, 0.29) is 0 Å². The number of halogens is 1. The van der Waals surface area contributed by atoms with Crippen LogP contribution in [0.2, 0.25) is 5.02 Å².